The normalized spacial score (nSPS) is 27.4. The van der Waals surface area contributed by atoms with E-state index in [4.69, 9.17) is 14.3 Å². The fourth-order valence-electron chi connectivity index (χ4n) is 5.57. The van der Waals surface area contributed by atoms with Gasteiger partial charge in [-0.3, -0.25) is 4.84 Å². The summed E-state index contributed by atoms with van der Waals surface area (Å²) in [7, 11) is 0. The number of hydrogen-bond donors (Lipinski definition) is 0. The van der Waals surface area contributed by atoms with Crippen LogP contribution in [0.4, 0.5) is 0 Å². The molecule has 162 valence electrons. The summed E-state index contributed by atoms with van der Waals surface area (Å²) < 4.78 is 12.5. The van der Waals surface area contributed by atoms with E-state index in [-0.39, 0.29) is 17.0 Å². The zero-order valence-electron chi connectivity index (χ0n) is 19.3. The van der Waals surface area contributed by atoms with Gasteiger partial charge in [-0.25, -0.2) is 4.79 Å². The molecule has 1 aromatic carbocycles. The molecule has 29 heavy (non-hydrogen) atoms. The molecule has 5 heteroatoms. The molecule has 2 aliphatic rings. The van der Waals surface area contributed by atoms with E-state index in [1.165, 1.54) is 5.56 Å². The number of carbonyl (C=O) groups is 1. The summed E-state index contributed by atoms with van der Waals surface area (Å²) in [5, 5.41) is 2.11. The number of piperidine rings is 1. The maximum atomic E-state index is 12.9. The number of benzene rings is 1. The van der Waals surface area contributed by atoms with Gasteiger partial charge in [-0.1, -0.05) is 31.5 Å². The average Bonchev–Trinajstić information content (AvgIpc) is 2.59. The van der Waals surface area contributed by atoms with E-state index in [9.17, 15) is 4.79 Å². The Morgan fingerprint density at radius 2 is 1.69 bits per heavy atom. The molecule has 1 spiro atoms. The van der Waals surface area contributed by atoms with Crippen LogP contribution in [0.15, 0.2) is 18.2 Å². The molecule has 2 fully saturated rings. The Balaban J connectivity index is 1.98. The van der Waals surface area contributed by atoms with E-state index in [0.29, 0.717) is 25.9 Å². The van der Waals surface area contributed by atoms with Crippen LogP contribution in [0.2, 0.25) is 0 Å². The summed E-state index contributed by atoms with van der Waals surface area (Å²) in [5.74, 6) is 0.503. The first kappa shape index (κ1) is 22.1. The SMILES string of the molecule is CCCON1C(C)(C)CC2(CC1(C)C)OC(=O)C2(CC)Oc1ccc(C)cc1C. The fraction of sp³-hybridized carbons (Fsp3) is 0.708. The van der Waals surface area contributed by atoms with Crippen LogP contribution >= 0.6 is 0 Å². The van der Waals surface area contributed by atoms with E-state index < -0.39 is 11.2 Å². The van der Waals surface area contributed by atoms with Gasteiger partial charge in [-0.2, -0.15) is 5.06 Å². The fourth-order valence-corrected chi connectivity index (χ4v) is 5.57. The maximum Gasteiger partial charge on any atom is 0.355 e. The first-order chi connectivity index (χ1) is 13.4. The molecule has 1 unspecified atom stereocenters. The quantitative estimate of drug-likeness (QED) is 0.617. The Hall–Kier alpha value is -1.59. The minimum absolute atomic E-state index is 0.255. The Labute approximate surface area is 175 Å². The first-order valence-corrected chi connectivity index (χ1v) is 10.9. The van der Waals surface area contributed by atoms with Gasteiger partial charge < -0.3 is 9.47 Å². The Morgan fingerprint density at radius 1 is 1.07 bits per heavy atom. The van der Waals surface area contributed by atoms with Gasteiger partial charge in [0.2, 0.25) is 5.60 Å². The van der Waals surface area contributed by atoms with Crippen LogP contribution in [0, 0.1) is 13.8 Å². The molecular weight excluding hydrogens is 366 g/mol. The van der Waals surface area contributed by atoms with E-state index >= 15 is 0 Å². The summed E-state index contributed by atoms with van der Waals surface area (Å²) in [5.41, 5.74) is -0.0361. The van der Waals surface area contributed by atoms with Crippen molar-refractivity contribution in [3.63, 3.8) is 0 Å². The van der Waals surface area contributed by atoms with Crippen LogP contribution in [-0.4, -0.2) is 39.9 Å². The van der Waals surface area contributed by atoms with E-state index in [1.807, 2.05) is 26.0 Å². The zero-order valence-corrected chi connectivity index (χ0v) is 19.3. The van der Waals surface area contributed by atoms with E-state index in [2.05, 4.69) is 52.7 Å². The average molecular weight is 404 g/mol. The third-order valence-electron chi connectivity index (χ3n) is 6.43. The number of hydrogen-bond acceptors (Lipinski definition) is 5. The Bertz CT molecular complexity index is 767. The van der Waals surface area contributed by atoms with E-state index in [1.54, 1.807) is 0 Å². The first-order valence-electron chi connectivity index (χ1n) is 10.9. The van der Waals surface area contributed by atoms with Gasteiger partial charge in [0, 0.05) is 23.9 Å². The molecule has 2 aliphatic heterocycles. The lowest BCUT2D eigenvalue weighted by Crippen LogP contribution is -2.81. The predicted octanol–water partition coefficient (Wildman–Crippen LogP) is 5.12. The van der Waals surface area contributed by atoms with Gasteiger partial charge in [-0.15, -0.1) is 0 Å². The smallest absolute Gasteiger partial charge is 0.355 e. The lowest BCUT2D eigenvalue weighted by Gasteiger charge is -2.65. The van der Waals surface area contributed by atoms with Gasteiger partial charge in [0.05, 0.1) is 6.61 Å². The van der Waals surface area contributed by atoms with Crippen molar-refractivity contribution in [3.05, 3.63) is 29.3 Å². The summed E-state index contributed by atoms with van der Waals surface area (Å²) in [6, 6.07) is 6.08. The van der Waals surface area contributed by atoms with Crippen LogP contribution in [-0.2, 0) is 14.4 Å². The van der Waals surface area contributed by atoms with Crippen LogP contribution in [0.3, 0.4) is 0 Å². The number of hydroxylamine groups is 2. The summed E-state index contributed by atoms with van der Waals surface area (Å²) >= 11 is 0. The third kappa shape index (κ3) is 3.46. The number of rotatable bonds is 6. The molecule has 1 atom stereocenters. The highest BCUT2D eigenvalue weighted by Gasteiger charge is 2.75. The molecule has 0 aromatic heterocycles. The molecule has 0 bridgehead atoms. The van der Waals surface area contributed by atoms with Crippen molar-refractivity contribution in [1.29, 1.82) is 0 Å². The largest absolute Gasteiger partial charge is 0.471 e. The predicted molar refractivity (Wildman–Crippen MR) is 114 cm³/mol. The second-order valence-corrected chi connectivity index (χ2v) is 10.0. The molecule has 2 saturated heterocycles. The van der Waals surface area contributed by atoms with Crippen molar-refractivity contribution < 1.29 is 19.1 Å². The zero-order chi connectivity index (χ0) is 21.7. The summed E-state index contributed by atoms with van der Waals surface area (Å²) in [6.45, 7) is 17.5. The second-order valence-electron chi connectivity index (χ2n) is 10.0. The van der Waals surface area contributed by atoms with Crippen molar-refractivity contribution in [3.8, 4) is 5.75 Å². The van der Waals surface area contributed by atoms with Gasteiger partial charge >= 0.3 is 5.97 Å². The van der Waals surface area contributed by atoms with Gasteiger partial charge in [0.15, 0.2) is 5.60 Å². The molecule has 0 aliphatic carbocycles. The minimum atomic E-state index is -0.974. The number of esters is 1. The molecule has 0 saturated carbocycles. The Morgan fingerprint density at radius 3 is 2.17 bits per heavy atom. The molecule has 0 amide bonds. The highest BCUT2D eigenvalue weighted by atomic mass is 16.7. The lowest BCUT2D eigenvalue weighted by molar-refractivity contribution is -0.346. The maximum absolute atomic E-state index is 12.9. The van der Waals surface area contributed by atoms with Crippen LogP contribution in [0.1, 0.15) is 78.4 Å². The molecule has 0 N–H and O–H groups in total. The highest BCUT2D eigenvalue weighted by Crippen LogP contribution is 2.57. The van der Waals surface area contributed by atoms with Crippen LogP contribution in [0.5, 0.6) is 5.75 Å². The molecule has 0 radical (unpaired) electrons. The summed E-state index contributed by atoms with van der Waals surface area (Å²) in [6.07, 6.45) is 2.86. The molecule has 3 rings (SSSR count). The van der Waals surface area contributed by atoms with Gasteiger partial charge in [0.25, 0.3) is 0 Å². The van der Waals surface area contributed by atoms with Crippen LogP contribution < -0.4 is 4.74 Å². The summed E-state index contributed by atoms with van der Waals surface area (Å²) in [4.78, 5) is 19.1. The van der Waals surface area contributed by atoms with Crippen molar-refractivity contribution >= 4 is 5.97 Å². The standard InChI is InChI=1S/C24H37NO4/c1-9-13-27-25-21(5,6)15-23(16-22(25,7)8)24(10-2,20(26)29-23)28-19-12-11-17(3)14-18(19)4/h11-12,14H,9-10,13,15-16H2,1-8H3. The monoisotopic (exact) mass is 403 g/mol. The van der Waals surface area contributed by atoms with Crippen LogP contribution in [0.25, 0.3) is 0 Å². The molecular formula is C24H37NO4. The highest BCUT2D eigenvalue weighted by molar-refractivity contribution is 5.89. The molecule has 5 nitrogen and oxygen atoms in total. The topological polar surface area (TPSA) is 48.0 Å². The lowest BCUT2D eigenvalue weighted by atomic mass is 9.61. The van der Waals surface area contributed by atoms with Gasteiger partial charge in [0.1, 0.15) is 5.75 Å². The number of nitrogens with zero attached hydrogens (tertiary/aromatic N) is 1. The number of ether oxygens (including phenoxy) is 2. The Kier molecular flexibility index (Phi) is 5.55. The molecule has 2 heterocycles. The third-order valence-corrected chi connectivity index (χ3v) is 6.43. The minimum Gasteiger partial charge on any atom is -0.471 e. The molecule has 1 aromatic rings. The number of carbonyl (C=O) groups excluding carboxylic acids is 1. The van der Waals surface area contributed by atoms with Crippen molar-refractivity contribution in [1.82, 2.24) is 5.06 Å². The van der Waals surface area contributed by atoms with Gasteiger partial charge in [-0.05, 0) is 66.0 Å². The van der Waals surface area contributed by atoms with Crippen molar-refractivity contribution in [2.45, 2.75) is 103 Å². The number of aryl methyl sites for hydroxylation is 2. The van der Waals surface area contributed by atoms with Crippen molar-refractivity contribution in [2.75, 3.05) is 6.61 Å². The second kappa shape index (κ2) is 7.28. The van der Waals surface area contributed by atoms with E-state index in [0.717, 1.165) is 17.7 Å². The van der Waals surface area contributed by atoms with Crippen molar-refractivity contribution in [2.24, 2.45) is 0 Å².